The van der Waals surface area contributed by atoms with Crippen molar-refractivity contribution in [1.29, 1.82) is 5.26 Å². The molecule has 0 unspecified atom stereocenters. The van der Waals surface area contributed by atoms with Gasteiger partial charge in [0.15, 0.2) is 0 Å². The number of aliphatic carboxylic acids is 1. The fourth-order valence-electron chi connectivity index (χ4n) is 8.46. The van der Waals surface area contributed by atoms with Crippen molar-refractivity contribution in [2.24, 2.45) is 45.8 Å². The normalized spacial score (nSPS) is 42.4. The predicted octanol–water partition coefficient (Wildman–Crippen LogP) is 5.45. The van der Waals surface area contributed by atoms with Crippen molar-refractivity contribution in [3.63, 3.8) is 0 Å². The molecule has 1 N–H and O–H groups in total. The first-order valence-corrected chi connectivity index (χ1v) is 11.8. The Kier molecular flexibility index (Phi) is 4.65. The van der Waals surface area contributed by atoms with E-state index >= 15 is 0 Å². The number of allylic oxidation sites excluding steroid dienone is 1. The Bertz CT molecular complexity index is 962. The van der Waals surface area contributed by atoms with Crippen molar-refractivity contribution in [2.45, 2.75) is 53.1 Å². The van der Waals surface area contributed by atoms with Crippen LogP contribution in [0.3, 0.4) is 0 Å². The summed E-state index contributed by atoms with van der Waals surface area (Å²) in [4.78, 5) is 13.3. The Balaban J connectivity index is 1.62. The first-order valence-electron chi connectivity index (χ1n) is 11.8. The van der Waals surface area contributed by atoms with Crippen LogP contribution in [-0.2, 0) is 16.1 Å². The van der Waals surface area contributed by atoms with Crippen LogP contribution >= 0.6 is 0 Å². The molecule has 4 aliphatic carbocycles. The molecule has 0 radical (unpaired) electrons. The van der Waals surface area contributed by atoms with Gasteiger partial charge in [0, 0.05) is 5.41 Å². The number of carboxylic acid groups (broad SMARTS) is 1. The first kappa shape index (κ1) is 20.8. The van der Waals surface area contributed by atoms with Crippen LogP contribution in [0.2, 0.25) is 0 Å². The number of ether oxygens (including phenoxy) is 1. The van der Waals surface area contributed by atoms with E-state index in [1.54, 1.807) is 0 Å². The van der Waals surface area contributed by atoms with Crippen molar-refractivity contribution in [3.05, 3.63) is 47.5 Å². The summed E-state index contributed by atoms with van der Waals surface area (Å²) in [6, 6.07) is 12.8. The fourth-order valence-corrected chi connectivity index (χ4v) is 8.46. The summed E-state index contributed by atoms with van der Waals surface area (Å²) in [6.07, 6.45) is 5.86. The Morgan fingerprint density at radius 1 is 1.26 bits per heavy atom. The molecule has 4 heteroatoms. The highest BCUT2D eigenvalue weighted by Gasteiger charge is 2.84. The van der Waals surface area contributed by atoms with E-state index in [0.29, 0.717) is 31.5 Å². The molecule has 164 valence electrons. The summed E-state index contributed by atoms with van der Waals surface area (Å²) in [5.41, 5.74) is -0.390. The van der Waals surface area contributed by atoms with E-state index in [4.69, 9.17) is 4.74 Å². The Morgan fingerprint density at radius 2 is 2.00 bits per heavy atom. The van der Waals surface area contributed by atoms with E-state index in [9.17, 15) is 15.2 Å². The summed E-state index contributed by atoms with van der Waals surface area (Å²) in [7, 11) is 0. The molecule has 0 aromatic heterocycles. The van der Waals surface area contributed by atoms with Gasteiger partial charge in [0.25, 0.3) is 0 Å². The van der Waals surface area contributed by atoms with Crippen molar-refractivity contribution < 1.29 is 14.6 Å². The number of carboxylic acids is 1. The van der Waals surface area contributed by atoms with Crippen LogP contribution in [0.15, 0.2) is 42.0 Å². The maximum atomic E-state index is 13.3. The second-order valence-corrected chi connectivity index (χ2v) is 10.9. The van der Waals surface area contributed by atoms with Gasteiger partial charge in [0.1, 0.15) is 5.41 Å². The molecule has 7 atom stereocenters. The van der Waals surface area contributed by atoms with Crippen LogP contribution in [0.25, 0.3) is 0 Å². The van der Waals surface area contributed by atoms with Gasteiger partial charge in [-0.25, -0.2) is 0 Å². The lowest BCUT2D eigenvalue weighted by molar-refractivity contribution is -0.179. The average Bonchev–Trinajstić information content (AvgIpc) is 3.32. The number of carbonyl (C=O) groups is 1. The van der Waals surface area contributed by atoms with E-state index in [-0.39, 0.29) is 17.8 Å². The molecular formula is C27H33NO3. The van der Waals surface area contributed by atoms with Gasteiger partial charge in [-0.1, -0.05) is 69.2 Å². The van der Waals surface area contributed by atoms with Gasteiger partial charge >= 0.3 is 5.97 Å². The Morgan fingerprint density at radius 3 is 2.65 bits per heavy atom. The van der Waals surface area contributed by atoms with Crippen LogP contribution in [0.4, 0.5) is 0 Å². The van der Waals surface area contributed by atoms with Crippen molar-refractivity contribution >= 4 is 5.97 Å². The molecule has 0 amide bonds. The minimum Gasteiger partial charge on any atom is -0.481 e. The second-order valence-electron chi connectivity index (χ2n) is 10.9. The zero-order valence-electron chi connectivity index (χ0n) is 18.8. The highest BCUT2D eigenvalue weighted by atomic mass is 16.5. The van der Waals surface area contributed by atoms with Crippen molar-refractivity contribution in [1.82, 2.24) is 0 Å². The third-order valence-electron chi connectivity index (χ3n) is 9.51. The molecule has 4 aliphatic rings. The van der Waals surface area contributed by atoms with E-state index in [1.165, 1.54) is 0 Å². The topological polar surface area (TPSA) is 70.3 Å². The molecule has 3 saturated carbocycles. The second kappa shape index (κ2) is 6.94. The lowest BCUT2D eigenvalue weighted by Crippen LogP contribution is -2.62. The number of nitrogens with zero attached hydrogens (tertiary/aromatic N) is 1. The van der Waals surface area contributed by atoms with E-state index < -0.39 is 22.2 Å². The molecule has 0 aliphatic heterocycles. The monoisotopic (exact) mass is 419 g/mol. The summed E-state index contributed by atoms with van der Waals surface area (Å²) < 4.78 is 6.33. The number of nitriles is 1. The number of benzene rings is 1. The molecule has 0 saturated heterocycles. The van der Waals surface area contributed by atoms with Crippen LogP contribution in [0.5, 0.6) is 0 Å². The van der Waals surface area contributed by atoms with Gasteiger partial charge in [0.05, 0.1) is 24.7 Å². The van der Waals surface area contributed by atoms with Crippen LogP contribution in [-0.4, -0.2) is 17.7 Å². The first-order chi connectivity index (χ1) is 14.8. The largest absolute Gasteiger partial charge is 0.481 e. The van der Waals surface area contributed by atoms with Gasteiger partial charge in [0.2, 0.25) is 0 Å². The lowest BCUT2D eigenvalue weighted by Gasteiger charge is -2.57. The highest BCUT2D eigenvalue weighted by Crippen LogP contribution is 2.83. The number of hydrogen-bond acceptors (Lipinski definition) is 3. The van der Waals surface area contributed by atoms with Crippen molar-refractivity contribution in [3.8, 4) is 6.07 Å². The van der Waals surface area contributed by atoms with Crippen LogP contribution < -0.4 is 0 Å². The maximum Gasteiger partial charge on any atom is 0.316 e. The van der Waals surface area contributed by atoms with Crippen LogP contribution in [0.1, 0.15) is 52.0 Å². The molecule has 1 aromatic rings. The summed E-state index contributed by atoms with van der Waals surface area (Å²) in [5, 5.41) is 21.6. The SMILES string of the molecule is CC(C)C1=C[C@H]2C[C@]3(C#N)[C@@H]4CC[C@@H](C)[C@H]4C[C@@]2(COCc2ccccc2)[C@]13C(=O)O. The molecule has 4 nitrogen and oxygen atoms in total. The Labute approximate surface area is 185 Å². The lowest BCUT2D eigenvalue weighted by atomic mass is 9.43. The smallest absolute Gasteiger partial charge is 0.316 e. The summed E-state index contributed by atoms with van der Waals surface area (Å²) in [5.74, 6) is 0.551. The Hall–Kier alpha value is -2.12. The van der Waals surface area contributed by atoms with Gasteiger partial charge in [-0.2, -0.15) is 5.26 Å². The number of fused-ring (bicyclic) bond motifs is 2. The van der Waals surface area contributed by atoms with Gasteiger partial charge in [-0.3, -0.25) is 4.79 Å². The van der Waals surface area contributed by atoms with E-state index in [0.717, 1.165) is 30.4 Å². The summed E-state index contributed by atoms with van der Waals surface area (Å²) in [6.45, 7) is 7.36. The average molecular weight is 420 g/mol. The van der Waals surface area contributed by atoms with Crippen LogP contribution in [0, 0.1) is 57.2 Å². The standard InChI is InChI=1S/C27H33NO3/c1-17(2)23-11-20-12-25(15-28)22-10-9-18(3)21(22)13-26(20,27(23,25)24(29)30)16-31-14-19-7-5-4-6-8-19/h4-8,11,17-18,20-22H,9-10,12-14,16H2,1-3H3,(H,29,30)/t18-,20+,21-,22-,25+,26+,27+/m1/s1. The molecule has 0 heterocycles. The van der Waals surface area contributed by atoms with Crippen molar-refractivity contribution in [2.75, 3.05) is 6.61 Å². The minimum absolute atomic E-state index is 0.106. The maximum absolute atomic E-state index is 13.3. The summed E-state index contributed by atoms with van der Waals surface area (Å²) >= 11 is 0. The van der Waals surface area contributed by atoms with Gasteiger partial charge in [-0.15, -0.1) is 0 Å². The minimum atomic E-state index is -1.13. The zero-order valence-corrected chi connectivity index (χ0v) is 18.8. The van der Waals surface area contributed by atoms with Gasteiger partial charge in [-0.05, 0) is 54.4 Å². The molecule has 4 bridgehead atoms. The third kappa shape index (κ3) is 2.36. The molecule has 31 heavy (non-hydrogen) atoms. The van der Waals surface area contributed by atoms with E-state index in [2.05, 4.69) is 32.9 Å². The van der Waals surface area contributed by atoms with E-state index in [1.807, 2.05) is 30.3 Å². The quantitative estimate of drug-likeness (QED) is 0.622. The molecule has 5 rings (SSSR count). The third-order valence-corrected chi connectivity index (χ3v) is 9.51. The molecular weight excluding hydrogens is 386 g/mol. The molecule has 1 aromatic carbocycles. The highest BCUT2D eigenvalue weighted by molar-refractivity contribution is 5.85. The fraction of sp³-hybridized carbons (Fsp3) is 0.630. The number of rotatable bonds is 6. The van der Waals surface area contributed by atoms with Gasteiger partial charge < -0.3 is 9.84 Å². The zero-order chi connectivity index (χ0) is 22.0. The molecule has 0 spiro atoms. The number of hydrogen-bond donors (Lipinski definition) is 1. The molecule has 3 fully saturated rings. The predicted molar refractivity (Wildman–Crippen MR) is 118 cm³/mol.